The number of rotatable bonds is 12. The zero-order valence-corrected chi connectivity index (χ0v) is 16.9. The molecule has 0 bridgehead atoms. The summed E-state index contributed by atoms with van der Waals surface area (Å²) in [5.41, 5.74) is 0.914. The van der Waals surface area contributed by atoms with Gasteiger partial charge in [0, 0.05) is 0 Å². The molecule has 0 spiro atoms. The van der Waals surface area contributed by atoms with Crippen LogP contribution in [0, 0.1) is 0 Å². The van der Waals surface area contributed by atoms with Crippen molar-refractivity contribution in [1.82, 2.24) is 0 Å². The Labute approximate surface area is 130 Å². The van der Waals surface area contributed by atoms with E-state index in [-0.39, 0.29) is 5.97 Å². The minimum absolute atomic E-state index is 0.00314. The normalized spacial score (nSPS) is 11.4. The molecule has 0 heterocycles. The molecule has 0 N–H and O–H groups in total. The molecule has 0 aliphatic heterocycles. The van der Waals surface area contributed by atoms with Gasteiger partial charge >= 0.3 is 131 Å². The predicted octanol–water partition coefficient (Wildman–Crippen LogP) is 5.84. The zero-order valence-electron chi connectivity index (χ0n) is 14.1. The quantitative estimate of drug-likeness (QED) is 0.310. The number of hydrogen-bond donors (Lipinski definition) is 0. The van der Waals surface area contributed by atoms with E-state index in [2.05, 4.69) is 27.4 Å². The maximum absolute atomic E-state index is 12.1. The minimum atomic E-state index is -2.72. The Morgan fingerprint density at radius 3 is 1.65 bits per heavy atom. The Morgan fingerprint density at radius 2 is 1.35 bits per heavy atom. The van der Waals surface area contributed by atoms with E-state index in [1.165, 1.54) is 51.8 Å². The first-order chi connectivity index (χ1) is 9.49. The van der Waals surface area contributed by atoms with E-state index >= 15 is 0 Å². The van der Waals surface area contributed by atoms with Crippen molar-refractivity contribution < 1.29 is 7.87 Å². The summed E-state index contributed by atoms with van der Waals surface area (Å²) >= 11 is -2.72. The van der Waals surface area contributed by atoms with Gasteiger partial charge in [0.1, 0.15) is 0 Å². The number of carbonyl (C=O) groups is 1. The van der Waals surface area contributed by atoms with Crippen LogP contribution in [0.25, 0.3) is 0 Å². The average molecular weight is 389 g/mol. The van der Waals surface area contributed by atoms with Crippen molar-refractivity contribution in [3.05, 3.63) is 12.2 Å². The van der Waals surface area contributed by atoms with Crippen LogP contribution in [0.15, 0.2) is 12.2 Å². The molecule has 0 aromatic rings. The van der Waals surface area contributed by atoms with Gasteiger partial charge in [0.2, 0.25) is 0 Å². The van der Waals surface area contributed by atoms with E-state index in [4.69, 9.17) is 3.07 Å². The van der Waals surface area contributed by atoms with E-state index in [1.807, 2.05) is 6.92 Å². The Hall–Kier alpha value is 0.00870. The number of hydrogen-bond acceptors (Lipinski definition) is 2. The second-order valence-corrected chi connectivity index (χ2v) is 17.7. The molecule has 0 aliphatic carbocycles. The Kier molecular flexibility index (Phi) is 11.6. The van der Waals surface area contributed by atoms with E-state index in [0.717, 1.165) is 5.57 Å². The Balaban J connectivity index is 4.81. The van der Waals surface area contributed by atoms with Crippen molar-refractivity contribution in [2.45, 2.75) is 86.0 Å². The van der Waals surface area contributed by atoms with Crippen LogP contribution in [0.5, 0.6) is 0 Å². The fraction of sp³-hybridized carbons (Fsp3) is 0.824. The summed E-state index contributed by atoms with van der Waals surface area (Å²) in [6.07, 6.45) is 7.69. The second-order valence-electron chi connectivity index (χ2n) is 6.10. The summed E-state index contributed by atoms with van der Waals surface area (Å²) in [6.45, 7) is 12.4. The SMILES string of the molecule is C=C(C)CC(=O)[O][Sn]([CH2]CCC)([CH2]CCC)[CH2]CCC. The van der Waals surface area contributed by atoms with E-state index in [9.17, 15) is 4.79 Å². The van der Waals surface area contributed by atoms with Crippen LogP contribution in [0.4, 0.5) is 0 Å². The van der Waals surface area contributed by atoms with Gasteiger partial charge in [-0.2, -0.15) is 0 Å². The van der Waals surface area contributed by atoms with Crippen LogP contribution in [0.3, 0.4) is 0 Å². The van der Waals surface area contributed by atoms with Crippen LogP contribution in [0.2, 0.25) is 13.3 Å². The molecule has 0 amide bonds. The molecule has 0 saturated heterocycles. The molecule has 0 aromatic heterocycles. The average Bonchev–Trinajstić information content (AvgIpc) is 2.39. The first kappa shape index (κ1) is 20.0. The van der Waals surface area contributed by atoms with Gasteiger partial charge in [-0.3, -0.25) is 0 Å². The Bertz CT molecular complexity index is 265. The van der Waals surface area contributed by atoms with Crippen LogP contribution >= 0.6 is 0 Å². The van der Waals surface area contributed by atoms with Gasteiger partial charge in [-0.05, 0) is 0 Å². The van der Waals surface area contributed by atoms with Crippen LogP contribution in [-0.4, -0.2) is 24.8 Å². The molecule has 3 heteroatoms. The van der Waals surface area contributed by atoms with Gasteiger partial charge in [-0.15, -0.1) is 0 Å². The first-order valence-corrected chi connectivity index (χ1v) is 15.6. The summed E-state index contributed by atoms with van der Waals surface area (Å²) in [4.78, 5) is 12.1. The third kappa shape index (κ3) is 9.04. The van der Waals surface area contributed by atoms with E-state index in [0.29, 0.717) is 6.42 Å². The molecular formula is C17H34O2Sn. The van der Waals surface area contributed by atoms with Crippen LogP contribution < -0.4 is 0 Å². The van der Waals surface area contributed by atoms with Crippen molar-refractivity contribution in [2.75, 3.05) is 0 Å². The molecule has 0 radical (unpaired) electrons. The molecule has 0 atom stereocenters. The number of unbranched alkanes of at least 4 members (excludes halogenated alkanes) is 3. The molecule has 0 aliphatic rings. The predicted molar refractivity (Wildman–Crippen MR) is 90.4 cm³/mol. The Morgan fingerprint density at radius 1 is 0.950 bits per heavy atom. The third-order valence-electron chi connectivity index (χ3n) is 3.73. The summed E-state index contributed by atoms with van der Waals surface area (Å²) < 4.78 is 9.81. The fourth-order valence-electron chi connectivity index (χ4n) is 2.55. The van der Waals surface area contributed by atoms with Gasteiger partial charge in [0.25, 0.3) is 0 Å². The van der Waals surface area contributed by atoms with Crippen LogP contribution in [0.1, 0.15) is 72.6 Å². The standard InChI is InChI=1S/C5H8O2.3C4H9.Sn/c1-4(2)3-5(6)7;3*1-3-4-2;/h1,3H2,2H3,(H,6,7);3*1,3-4H2,2H3;/q;;;;+1/p-1. The van der Waals surface area contributed by atoms with Gasteiger partial charge in [-0.25, -0.2) is 0 Å². The summed E-state index contributed by atoms with van der Waals surface area (Å²) in [6, 6.07) is 0. The molecular weight excluding hydrogens is 355 g/mol. The maximum atomic E-state index is 12.1. The van der Waals surface area contributed by atoms with Gasteiger partial charge in [-0.1, -0.05) is 0 Å². The fourth-order valence-corrected chi connectivity index (χ4v) is 15.7. The molecule has 0 fully saturated rings. The van der Waals surface area contributed by atoms with Crippen molar-refractivity contribution in [1.29, 1.82) is 0 Å². The molecule has 0 unspecified atom stereocenters. The zero-order chi connectivity index (χ0) is 15.4. The first-order valence-electron chi connectivity index (χ1n) is 8.36. The van der Waals surface area contributed by atoms with Crippen molar-refractivity contribution in [3.63, 3.8) is 0 Å². The van der Waals surface area contributed by atoms with Gasteiger partial charge in [0.05, 0.1) is 0 Å². The van der Waals surface area contributed by atoms with Crippen LogP contribution in [-0.2, 0) is 7.87 Å². The summed E-state index contributed by atoms with van der Waals surface area (Å²) in [7, 11) is 0. The topological polar surface area (TPSA) is 26.3 Å². The molecule has 20 heavy (non-hydrogen) atoms. The third-order valence-corrected chi connectivity index (χ3v) is 16.4. The molecule has 2 nitrogen and oxygen atoms in total. The molecule has 0 rings (SSSR count). The van der Waals surface area contributed by atoms with E-state index in [1.54, 1.807) is 0 Å². The van der Waals surface area contributed by atoms with Gasteiger partial charge < -0.3 is 0 Å². The summed E-state index contributed by atoms with van der Waals surface area (Å²) in [5, 5.41) is 0. The number of carbonyl (C=O) groups excluding carboxylic acids is 1. The molecule has 0 aromatic carbocycles. The second kappa shape index (κ2) is 11.6. The van der Waals surface area contributed by atoms with E-state index < -0.39 is 18.8 Å². The van der Waals surface area contributed by atoms with Crippen molar-refractivity contribution in [3.8, 4) is 0 Å². The molecule has 0 saturated carbocycles. The van der Waals surface area contributed by atoms with Gasteiger partial charge in [0.15, 0.2) is 0 Å². The summed E-state index contributed by atoms with van der Waals surface area (Å²) in [5.74, 6) is -0.00314. The van der Waals surface area contributed by atoms with Crippen molar-refractivity contribution in [2.24, 2.45) is 0 Å². The molecule has 118 valence electrons. The van der Waals surface area contributed by atoms with Crippen molar-refractivity contribution >= 4 is 24.8 Å². The monoisotopic (exact) mass is 390 g/mol.